The number of sulfone groups is 1. The molecular formula is C28H25ClF7NO5S. The Labute approximate surface area is 246 Å². The summed E-state index contributed by atoms with van der Waals surface area (Å²) in [7, 11) is -4.46. The van der Waals surface area contributed by atoms with E-state index < -0.39 is 74.3 Å². The van der Waals surface area contributed by atoms with Crippen LogP contribution < -0.4 is 0 Å². The number of hydrogen-bond donors (Lipinski definition) is 1. The topological polar surface area (TPSA) is 91.8 Å². The first-order valence-corrected chi connectivity index (χ1v) is 15.2. The molecule has 1 N–H and O–H groups in total. The van der Waals surface area contributed by atoms with Gasteiger partial charge in [0.1, 0.15) is 4.75 Å². The number of carbonyl (C=O) groups excluding carboxylic acids is 1. The molecule has 1 saturated heterocycles. The van der Waals surface area contributed by atoms with Crippen LogP contribution in [0, 0.1) is 11.8 Å². The lowest BCUT2D eigenvalue weighted by Gasteiger charge is -2.35. The van der Waals surface area contributed by atoms with E-state index in [4.69, 9.17) is 11.6 Å². The Hall–Kier alpha value is -2.87. The van der Waals surface area contributed by atoms with Crippen molar-refractivity contribution in [2.75, 3.05) is 6.54 Å². The van der Waals surface area contributed by atoms with Crippen molar-refractivity contribution in [3.8, 4) is 0 Å². The number of halogens is 8. The zero-order valence-electron chi connectivity index (χ0n) is 22.2. The first-order valence-electron chi connectivity index (χ1n) is 13.4. The first kappa shape index (κ1) is 31.6. The molecule has 0 bridgehead atoms. The number of hydrogen-bond acceptors (Lipinski definition) is 4. The molecule has 1 saturated carbocycles. The highest BCUT2D eigenvalue weighted by molar-refractivity contribution is 7.92. The Morgan fingerprint density at radius 3 is 1.98 bits per heavy atom. The van der Waals surface area contributed by atoms with Crippen LogP contribution in [-0.4, -0.2) is 55.2 Å². The molecule has 2 aromatic rings. The van der Waals surface area contributed by atoms with Crippen molar-refractivity contribution < 1.29 is 53.8 Å². The SMILES string of the molecule is O=C(O)C1CCC(C(=O)N2CCC3(S(=O)(=O)c4ccc(Cl)cc4)c4ccc(C(F)(C(F)(F)F)C(F)(F)F)cc4CC23)CC1. The zero-order valence-corrected chi connectivity index (χ0v) is 23.8. The predicted octanol–water partition coefficient (Wildman–Crippen LogP) is 6.35. The van der Waals surface area contributed by atoms with Gasteiger partial charge in [-0.25, -0.2) is 12.8 Å². The molecular weight excluding hydrogens is 631 g/mol. The summed E-state index contributed by atoms with van der Waals surface area (Å²) in [6.07, 6.45) is -12.5. The van der Waals surface area contributed by atoms with E-state index >= 15 is 0 Å². The van der Waals surface area contributed by atoms with E-state index in [2.05, 4.69) is 0 Å². The minimum atomic E-state index is -6.36. The van der Waals surface area contributed by atoms with Crippen molar-refractivity contribution in [2.45, 2.75) is 72.2 Å². The maximum atomic E-state index is 15.0. The molecule has 2 atom stereocenters. The van der Waals surface area contributed by atoms with Gasteiger partial charge in [-0.15, -0.1) is 0 Å². The smallest absolute Gasteiger partial charge is 0.435 e. The highest BCUT2D eigenvalue weighted by Gasteiger charge is 2.74. The van der Waals surface area contributed by atoms with Gasteiger partial charge in [0.25, 0.3) is 0 Å². The number of carbonyl (C=O) groups is 2. The molecule has 6 nitrogen and oxygen atoms in total. The normalized spacial score (nSPS) is 26.2. The fourth-order valence-electron chi connectivity index (χ4n) is 6.90. The quantitative estimate of drug-likeness (QED) is 0.380. The molecule has 1 amide bonds. The molecule has 2 aliphatic carbocycles. The Bertz CT molecular complexity index is 1540. The highest BCUT2D eigenvalue weighted by Crippen LogP contribution is 2.58. The molecule has 234 valence electrons. The van der Waals surface area contributed by atoms with Crippen LogP contribution in [0.2, 0.25) is 5.02 Å². The average molecular weight is 656 g/mol. The van der Waals surface area contributed by atoms with Crippen LogP contribution in [0.15, 0.2) is 47.4 Å². The monoisotopic (exact) mass is 655 g/mol. The Morgan fingerprint density at radius 2 is 1.44 bits per heavy atom. The summed E-state index contributed by atoms with van der Waals surface area (Å²) < 4.78 is 123. The van der Waals surface area contributed by atoms with E-state index in [1.165, 1.54) is 29.2 Å². The summed E-state index contributed by atoms with van der Waals surface area (Å²) >= 11 is 5.92. The minimum absolute atomic E-state index is 0.0749. The number of amides is 1. The number of rotatable bonds is 5. The van der Waals surface area contributed by atoms with Gasteiger partial charge in [-0.1, -0.05) is 29.8 Å². The third-order valence-electron chi connectivity index (χ3n) is 9.10. The highest BCUT2D eigenvalue weighted by atomic mass is 35.5. The van der Waals surface area contributed by atoms with Gasteiger partial charge in [-0.3, -0.25) is 9.59 Å². The number of benzene rings is 2. The third-order valence-corrected chi connectivity index (χ3v) is 11.9. The van der Waals surface area contributed by atoms with Gasteiger partial charge < -0.3 is 10.0 Å². The third kappa shape index (κ3) is 4.70. The maximum absolute atomic E-state index is 15.0. The Kier molecular flexibility index (Phi) is 7.60. The number of alkyl halides is 7. The Balaban J connectivity index is 1.61. The second kappa shape index (κ2) is 10.4. The van der Waals surface area contributed by atoms with Gasteiger partial charge in [0.15, 0.2) is 9.84 Å². The number of carboxylic acid groups (broad SMARTS) is 1. The lowest BCUT2D eigenvalue weighted by molar-refractivity contribution is -0.348. The van der Waals surface area contributed by atoms with Crippen LogP contribution in [-0.2, 0) is 36.3 Å². The minimum Gasteiger partial charge on any atom is -0.481 e. The molecule has 2 fully saturated rings. The second-order valence-corrected chi connectivity index (χ2v) is 13.9. The summed E-state index contributed by atoms with van der Waals surface area (Å²) in [6, 6.07) is 5.32. The van der Waals surface area contributed by atoms with Crippen molar-refractivity contribution in [1.29, 1.82) is 0 Å². The van der Waals surface area contributed by atoms with Crippen LogP contribution >= 0.6 is 11.6 Å². The lowest BCUT2D eigenvalue weighted by Crippen LogP contribution is -2.50. The van der Waals surface area contributed by atoms with E-state index in [-0.39, 0.29) is 59.7 Å². The zero-order chi connectivity index (χ0) is 31.8. The van der Waals surface area contributed by atoms with Crippen molar-refractivity contribution in [3.63, 3.8) is 0 Å². The largest absolute Gasteiger partial charge is 0.481 e. The average Bonchev–Trinajstić information content (AvgIpc) is 3.47. The molecule has 0 radical (unpaired) electrons. The predicted molar refractivity (Wildman–Crippen MR) is 139 cm³/mol. The molecule has 15 heteroatoms. The number of nitrogens with zero attached hydrogens (tertiary/aromatic N) is 1. The van der Waals surface area contributed by atoms with Crippen LogP contribution in [0.1, 0.15) is 48.8 Å². The summed E-state index contributed by atoms with van der Waals surface area (Å²) in [4.78, 5) is 26.1. The maximum Gasteiger partial charge on any atom is 0.435 e. The van der Waals surface area contributed by atoms with Gasteiger partial charge in [0.05, 0.1) is 16.9 Å². The fraction of sp³-hybridized carbons (Fsp3) is 0.500. The molecule has 2 aromatic carbocycles. The van der Waals surface area contributed by atoms with E-state index in [1.54, 1.807) is 0 Å². The van der Waals surface area contributed by atoms with E-state index in [9.17, 15) is 53.8 Å². The molecule has 1 heterocycles. The summed E-state index contributed by atoms with van der Waals surface area (Å²) in [5.74, 6) is -2.74. The van der Waals surface area contributed by atoms with Gasteiger partial charge in [0, 0.05) is 23.0 Å². The van der Waals surface area contributed by atoms with Gasteiger partial charge in [-0.2, -0.15) is 26.3 Å². The fourth-order valence-corrected chi connectivity index (χ4v) is 9.36. The van der Waals surface area contributed by atoms with E-state index in [0.29, 0.717) is 12.1 Å². The van der Waals surface area contributed by atoms with Crippen LogP contribution in [0.4, 0.5) is 30.7 Å². The number of carboxylic acids is 1. The van der Waals surface area contributed by atoms with E-state index in [0.717, 1.165) is 6.07 Å². The summed E-state index contributed by atoms with van der Waals surface area (Å²) in [6.45, 7) is -0.0749. The Morgan fingerprint density at radius 1 is 0.884 bits per heavy atom. The number of aliphatic carboxylic acids is 1. The first-order chi connectivity index (χ1) is 19.9. The second-order valence-electron chi connectivity index (χ2n) is 11.3. The van der Waals surface area contributed by atoms with Gasteiger partial charge in [-0.05, 0) is 73.9 Å². The van der Waals surface area contributed by atoms with Crippen LogP contribution in [0.5, 0.6) is 0 Å². The number of likely N-dealkylation sites (tertiary alicyclic amines) is 1. The van der Waals surface area contributed by atoms with Crippen molar-refractivity contribution in [2.24, 2.45) is 11.8 Å². The van der Waals surface area contributed by atoms with Crippen molar-refractivity contribution >= 4 is 33.3 Å². The standard InChI is InChI=1S/C28H25ClF7NO5S/c29-19-6-8-20(9-7-19)43(41,42)25-11-12-37(23(38)15-1-3-16(4-2-15)24(39)40)22(25)14-17-13-18(5-10-21(17)25)26(30,27(31,32)33)28(34,35)36/h5-10,13,15-16,22H,1-4,11-12,14H2,(H,39,40). The van der Waals surface area contributed by atoms with Gasteiger partial charge in [0.2, 0.25) is 5.91 Å². The van der Waals surface area contributed by atoms with Crippen molar-refractivity contribution in [3.05, 3.63) is 64.2 Å². The van der Waals surface area contributed by atoms with Crippen LogP contribution in [0.3, 0.4) is 0 Å². The summed E-state index contributed by atoms with van der Waals surface area (Å²) in [5, 5.41) is 9.50. The summed E-state index contributed by atoms with van der Waals surface area (Å²) in [5.41, 5.74) is -7.81. The molecule has 1 aliphatic heterocycles. The van der Waals surface area contributed by atoms with Gasteiger partial charge >= 0.3 is 24.0 Å². The molecule has 5 rings (SSSR count). The molecule has 3 aliphatic rings. The molecule has 0 aromatic heterocycles. The molecule has 43 heavy (non-hydrogen) atoms. The van der Waals surface area contributed by atoms with Crippen molar-refractivity contribution in [1.82, 2.24) is 4.90 Å². The van der Waals surface area contributed by atoms with Crippen LogP contribution in [0.25, 0.3) is 0 Å². The lowest BCUT2D eigenvalue weighted by atomic mass is 9.81. The van der Waals surface area contributed by atoms with E-state index in [1.807, 2.05) is 0 Å². The molecule has 0 spiro atoms. The number of fused-ring (bicyclic) bond motifs is 3. The molecule has 2 unspecified atom stereocenters.